The largest absolute Gasteiger partial charge is 0.310 e. The van der Waals surface area contributed by atoms with E-state index in [4.69, 9.17) is 5.14 Å². The van der Waals surface area contributed by atoms with Gasteiger partial charge in [-0.1, -0.05) is 18.6 Å². The molecule has 0 saturated heterocycles. The van der Waals surface area contributed by atoms with Crippen LogP contribution in [-0.4, -0.2) is 14.5 Å². The number of benzene rings is 1. The van der Waals surface area contributed by atoms with Crippen molar-refractivity contribution in [2.45, 2.75) is 36.7 Å². The van der Waals surface area contributed by atoms with Crippen molar-refractivity contribution in [1.82, 2.24) is 5.32 Å². The Labute approximate surface area is 95.9 Å². The van der Waals surface area contributed by atoms with E-state index in [1.165, 1.54) is 25.3 Å². The van der Waals surface area contributed by atoms with Gasteiger partial charge in [-0.3, -0.25) is 0 Å². The fourth-order valence-corrected chi connectivity index (χ4v) is 2.29. The van der Waals surface area contributed by atoms with Crippen molar-refractivity contribution < 1.29 is 8.42 Å². The Bertz CT molecular complexity index is 467. The second kappa shape index (κ2) is 4.53. The summed E-state index contributed by atoms with van der Waals surface area (Å²) in [4.78, 5) is 0.181. The summed E-state index contributed by atoms with van der Waals surface area (Å²) in [7, 11) is -3.58. The molecular formula is C11H16N2O2S. The number of nitrogens with two attached hydrogens (primary N) is 1. The highest BCUT2D eigenvalue weighted by atomic mass is 32.2. The summed E-state index contributed by atoms with van der Waals surface area (Å²) in [5.41, 5.74) is 0.957. The van der Waals surface area contributed by atoms with Gasteiger partial charge in [-0.15, -0.1) is 0 Å². The van der Waals surface area contributed by atoms with Crippen LogP contribution in [0.2, 0.25) is 0 Å². The standard InChI is InChI=1S/C11H16N2O2S/c12-16(14,15)11-6-1-3-9(7-11)8-13-10-4-2-5-10/h1,3,6-7,10,13H,2,4-5,8H2,(H2,12,14,15). The molecule has 88 valence electrons. The van der Waals surface area contributed by atoms with Crippen molar-refractivity contribution >= 4 is 10.0 Å². The van der Waals surface area contributed by atoms with E-state index in [0.717, 1.165) is 5.56 Å². The van der Waals surface area contributed by atoms with E-state index >= 15 is 0 Å². The molecule has 3 N–H and O–H groups in total. The summed E-state index contributed by atoms with van der Waals surface area (Å²) in [6.45, 7) is 0.702. The first-order chi connectivity index (χ1) is 7.55. The lowest BCUT2D eigenvalue weighted by molar-refractivity contribution is 0.338. The number of primary sulfonamides is 1. The maximum Gasteiger partial charge on any atom is 0.238 e. The Kier molecular flexibility index (Phi) is 3.28. The Morgan fingerprint density at radius 3 is 2.69 bits per heavy atom. The average Bonchev–Trinajstić information content (AvgIpc) is 2.14. The molecule has 2 rings (SSSR count). The van der Waals surface area contributed by atoms with E-state index < -0.39 is 10.0 Å². The SMILES string of the molecule is NS(=O)(=O)c1cccc(CNC2CCC2)c1. The molecule has 1 aromatic carbocycles. The van der Waals surface area contributed by atoms with Crippen LogP contribution in [0.3, 0.4) is 0 Å². The smallest absolute Gasteiger partial charge is 0.238 e. The van der Waals surface area contributed by atoms with Crippen molar-refractivity contribution in [3.63, 3.8) is 0 Å². The van der Waals surface area contributed by atoms with Gasteiger partial charge < -0.3 is 5.32 Å². The number of hydrogen-bond donors (Lipinski definition) is 2. The van der Waals surface area contributed by atoms with Crippen LogP contribution in [0, 0.1) is 0 Å². The Hall–Kier alpha value is -0.910. The van der Waals surface area contributed by atoms with Crippen LogP contribution in [0.5, 0.6) is 0 Å². The normalized spacial score (nSPS) is 17.1. The van der Waals surface area contributed by atoms with Gasteiger partial charge in [0.05, 0.1) is 4.90 Å². The van der Waals surface area contributed by atoms with Crippen molar-refractivity contribution in [3.8, 4) is 0 Å². The topological polar surface area (TPSA) is 72.2 Å². The first-order valence-corrected chi connectivity index (χ1v) is 6.95. The number of rotatable bonds is 4. The molecule has 5 heteroatoms. The van der Waals surface area contributed by atoms with Crippen LogP contribution in [0.15, 0.2) is 29.2 Å². The number of sulfonamides is 1. The molecule has 1 saturated carbocycles. The minimum Gasteiger partial charge on any atom is -0.310 e. The highest BCUT2D eigenvalue weighted by molar-refractivity contribution is 7.89. The molecule has 1 aromatic rings. The van der Waals surface area contributed by atoms with Gasteiger partial charge in [-0.2, -0.15) is 0 Å². The molecule has 0 unspecified atom stereocenters. The van der Waals surface area contributed by atoms with Crippen molar-refractivity contribution in [2.75, 3.05) is 0 Å². The zero-order valence-electron chi connectivity index (χ0n) is 9.02. The lowest BCUT2D eigenvalue weighted by Gasteiger charge is -2.26. The van der Waals surface area contributed by atoms with Gasteiger partial charge in [-0.25, -0.2) is 13.6 Å². The van der Waals surface area contributed by atoms with Crippen molar-refractivity contribution in [3.05, 3.63) is 29.8 Å². The highest BCUT2D eigenvalue weighted by Crippen LogP contribution is 2.19. The lowest BCUT2D eigenvalue weighted by atomic mass is 9.93. The lowest BCUT2D eigenvalue weighted by Crippen LogP contribution is -2.34. The molecule has 1 aliphatic carbocycles. The molecule has 0 aromatic heterocycles. The molecule has 0 amide bonds. The van der Waals surface area contributed by atoms with Crippen LogP contribution in [0.25, 0.3) is 0 Å². The zero-order chi connectivity index (χ0) is 11.6. The molecule has 1 fully saturated rings. The Balaban J connectivity index is 2.04. The first kappa shape index (κ1) is 11.6. The van der Waals surface area contributed by atoms with Crippen LogP contribution < -0.4 is 10.5 Å². The Morgan fingerprint density at radius 2 is 2.12 bits per heavy atom. The van der Waals surface area contributed by atoms with Gasteiger partial charge in [0.1, 0.15) is 0 Å². The van der Waals surface area contributed by atoms with Crippen molar-refractivity contribution in [1.29, 1.82) is 0 Å². The van der Waals surface area contributed by atoms with Gasteiger partial charge in [0.2, 0.25) is 10.0 Å². The van der Waals surface area contributed by atoms with Crippen LogP contribution in [0.4, 0.5) is 0 Å². The third-order valence-corrected chi connectivity index (χ3v) is 3.84. The average molecular weight is 240 g/mol. The molecular weight excluding hydrogens is 224 g/mol. The van der Waals surface area contributed by atoms with Gasteiger partial charge in [0.15, 0.2) is 0 Å². The fraction of sp³-hybridized carbons (Fsp3) is 0.455. The molecule has 0 radical (unpaired) electrons. The molecule has 16 heavy (non-hydrogen) atoms. The minimum atomic E-state index is -3.58. The quantitative estimate of drug-likeness (QED) is 0.824. The van der Waals surface area contributed by atoms with Crippen LogP contribution >= 0.6 is 0 Å². The van der Waals surface area contributed by atoms with E-state index in [0.29, 0.717) is 12.6 Å². The third-order valence-electron chi connectivity index (χ3n) is 2.93. The van der Waals surface area contributed by atoms with Gasteiger partial charge >= 0.3 is 0 Å². The van der Waals surface area contributed by atoms with E-state index in [2.05, 4.69) is 5.32 Å². The second-order valence-corrected chi connectivity index (χ2v) is 5.76. The van der Waals surface area contributed by atoms with E-state index in [9.17, 15) is 8.42 Å². The monoisotopic (exact) mass is 240 g/mol. The summed E-state index contributed by atoms with van der Waals surface area (Å²) < 4.78 is 22.3. The van der Waals surface area contributed by atoms with Gasteiger partial charge in [0.25, 0.3) is 0 Å². The van der Waals surface area contributed by atoms with Gasteiger partial charge in [-0.05, 0) is 30.5 Å². The molecule has 4 nitrogen and oxygen atoms in total. The maximum atomic E-state index is 11.1. The van der Waals surface area contributed by atoms with Crippen molar-refractivity contribution in [2.24, 2.45) is 5.14 Å². The fourth-order valence-electron chi connectivity index (χ4n) is 1.71. The van der Waals surface area contributed by atoms with Crippen LogP contribution in [-0.2, 0) is 16.6 Å². The second-order valence-electron chi connectivity index (χ2n) is 4.20. The van der Waals surface area contributed by atoms with E-state index in [1.807, 2.05) is 6.07 Å². The predicted octanol–water partition coefficient (Wildman–Crippen LogP) is 0.976. The molecule has 0 spiro atoms. The number of hydrogen-bond acceptors (Lipinski definition) is 3. The van der Waals surface area contributed by atoms with E-state index in [1.54, 1.807) is 12.1 Å². The highest BCUT2D eigenvalue weighted by Gasteiger charge is 2.16. The van der Waals surface area contributed by atoms with Crippen LogP contribution in [0.1, 0.15) is 24.8 Å². The molecule has 0 bridgehead atoms. The zero-order valence-corrected chi connectivity index (χ0v) is 9.83. The molecule has 0 atom stereocenters. The summed E-state index contributed by atoms with van der Waals surface area (Å²) in [5.74, 6) is 0. The van der Waals surface area contributed by atoms with E-state index in [-0.39, 0.29) is 4.90 Å². The number of nitrogens with one attached hydrogen (secondary N) is 1. The first-order valence-electron chi connectivity index (χ1n) is 5.41. The summed E-state index contributed by atoms with van der Waals surface area (Å²) in [6, 6.07) is 7.36. The molecule has 0 aliphatic heterocycles. The Morgan fingerprint density at radius 1 is 1.38 bits per heavy atom. The molecule has 0 heterocycles. The summed E-state index contributed by atoms with van der Waals surface area (Å²) >= 11 is 0. The predicted molar refractivity (Wildman–Crippen MR) is 62.3 cm³/mol. The third kappa shape index (κ3) is 2.81. The van der Waals surface area contributed by atoms with Gasteiger partial charge in [0, 0.05) is 12.6 Å². The summed E-state index contributed by atoms with van der Waals surface area (Å²) in [5, 5.41) is 8.45. The maximum absolute atomic E-state index is 11.1. The summed E-state index contributed by atoms with van der Waals surface area (Å²) in [6.07, 6.45) is 3.72. The molecule has 1 aliphatic rings. The minimum absolute atomic E-state index is 0.181.